The molecule has 2 nitrogen and oxygen atoms in total. The van der Waals surface area contributed by atoms with Crippen LogP contribution in [0.3, 0.4) is 0 Å². The number of carbonyl (C=O) groups excluding carboxylic acids is 2. The van der Waals surface area contributed by atoms with E-state index >= 15 is 0 Å². The van der Waals surface area contributed by atoms with Gasteiger partial charge in [0.05, 0.1) is 0 Å². The van der Waals surface area contributed by atoms with Crippen LogP contribution in [0.4, 0.5) is 4.39 Å². The van der Waals surface area contributed by atoms with E-state index in [0.29, 0.717) is 10.5 Å². The first-order chi connectivity index (χ1) is 17.0. The molecular weight excluding hydrogens is 475 g/mol. The van der Waals surface area contributed by atoms with E-state index < -0.39 is 0 Å². The molecule has 35 heavy (non-hydrogen) atoms. The van der Waals surface area contributed by atoms with Crippen molar-refractivity contribution >= 4 is 33.8 Å². The maximum absolute atomic E-state index is 14.7. The molecule has 0 unspecified atom stereocenters. The maximum atomic E-state index is 14.7. The molecule has 4 rings (SSSR count). The number of hydrogen-bond acceptors (Lipinski definition) is 4. The van der Waals surface area contributed by atoms with Crippen molar-refractivity contribution in [2.45, 2.75) is 9.79 Å². The normalized spacial score (nSPS) is 10.5. The second-order valence-electron chi connectivity index (χ2n) is 7.57. The Hall–Kier alpha value is -3.67. The minimum atomic E-state index is -0.373. The predicted molar refractivity (Wildman–Crippen MR) is 145 cm³/mol. The molecule has 4 aromatic rings. The van der Waals surface area contributed by atoms with Crippen LogP contribution in [-0.2, 0) is 9.59 Å². The Morgan fingerprint density at radius 1 is 0.571 bits per heavy atom. The van der Waals surface area contributed by atoms with Crippen molar-refractivity contribution in [1.82, 2.24) is 0 Å². The summed E-state index contributed by atoms with van der Waals surface area (Å²) in [6.45, 7) is 6.93. The summed E-state index contributed by atoms with van der Waals surface area (Å²) in [4.78, 5) is 24.4. The van der Waals surface area contributed by atoms with E-state index in [-0.39, 0.29) is 16.0 Å². The molecule has 0 amide bonds. The van der Waals surface area contributed by atoms with E-state index in [1.54, 1.807) is 12.1 Å². The van der Waals surface area contributed by atoms with Crippen LogP contribution in [0.15, 0.2) is 126 Å². The van der Waals surface area contributed by atoms with Crippen molar-refractivity contribution in [3.8, 4) is 33.4 Å². The molecule has 0 radical (unpaired) electrons. The molecule has 0 atom stereocenters. The number of benzene rings is 4. The molecule has 0 spiro atoms. The lowest BCUT2D eigenvalue weighted by atomic mass is 9.98. The highest BCUT2D eigenvalue weighted by Gasteiger charge is 2.09. The van der Waals surface area contributed by atoms with Gasteiger partial charge < -0.3 is 0 Å². The second-order valence-corrected chi connectivity index (χ2v) is 9.73. The zero-order chi connectivity index (χ0) is 24.8. The number of thioether (sulfide) groups is 2. The monoisotopic (exact) mass is 496 g/mol. The Morgan fingerprint density at radius 2 is 0.943 bits per heavy atom. The van der Waals surface area contributed by atoms with Crippen LogP contribution in [-0.4, -0.2) is 10.2 Å². The van der Waals surface area contributed by atoms with E-state index in [1.165, 1.54) is 18.2 Å². The fraction of sp³-hybridized carbons (Fsp3) is 0. The van der Waals surface area contributed by atoms with E-state index in [9.17, 15) is 14.0 Å². The van der Waals surface area contributed by atoms with Crippen LogP contribution in [0.5, 0.6) is 0 Å². The highest BCUT2D eigenvalue weighted by atomic mass is 32.2. The van der Waals surface area contributed by atoms with Crippen molar-refractivity contribution < 1.29 is 14.0 Å². The molecule has 0 aromatic heterocycles. The van der Waals surface area contributed by atoms with Gasteiger partial charge in [-0.15, -0.1) is 0 Å². The molecule has 0 fully saturated rings. The molecule has 172 valence electrons. The Kier molecular flexibility index (Phi) is 7.80. The van der Waals surface area contributed by atoms with Gasteiger partial charge in [0, 0.05) is 15.4 Å². The largest absolute Gasteiger partial charge is 0.282 e. The maximum Gasteiger partial charge on any atom is 0.216 e. The number of carbonyl (C=O) groups is 2. The smallest absolute Gasteiger partial charge is 0.216 e. The summed E-state index contributed by atoms with van der Waals surface area (Å²) in [5.74, 6) is -0.373. The molecule has 0 aliphatic rings. The van der Waals surface area contributed by atoms with E-state index in [4.69, 9.17) is 0 Å². The highest BCUT2D eigenvalue weighted by molar-refractivity contribution is 8.14. The lowest BCUT2D eigenvalue weighted by Gasteiger charge is -2.09. The SMILES string of the molecule is C=CC(=O)Sc1ccc(-c2ccc(-c3ccc(-c4ccc(SC(=O)C=C)cc4F)cc3)cc2)cc1. The molecule has 0 heterocycles. The average Bonchev–Trinajstić information content (AvgIpc) is 2.89. The molecular formula is C30H21FO2S2. The van der Waals surface area contributed by atoms with Gasteiger partial charge in [0.25, 0.3) is 0 Å². The van der Waals surface area contributed by atoms with Gasteiger partial charge in [-0.05, 0) is 87.8 Å². The Morgan fingerprint density at radius 3 is 1.37 bits per heavy atom. The van der Waals surface area contributed by atoms with Crippen molar-refractivity contribution in [2.75, 3.05) is 0 Å². The lowest BCUT2D eigenvalue weighted by molar-refractivity contribution is -0.107. The van der Waals surface area contributed by atoms with Crippen LogP contribution in [0.1, 0.15) is 0 Å². The van der Waals surface area contributed by atoms with E-state index in [0.717, 1.165) is 56.2 Å². The first kappa shape index (κ1) is 24.5. The standard InChI is InChI=1S/C30H21FO2S2/c1-3-29(32)34-25-15-13-23(14-16-25)21-7-5-20(6-8-21)22-9-11-24(12-10-22)27-18-17-26(19-28(27)31)35-30(33)4-2/h3-19H,1-2H2. The van der Waals surface area contributed by atoms with Crippen molar-refractivity contribution in [3.05, 3.63) is 122 Å². The minimum Gasteiger partial charge on any atom is -0.282 e. The van der Waals surface area contributed by atoms with Crippen LogP contribution >= 0.6 is 23.5 Å². The third kappa shape index (κ3) is 6.07. The number of halogens is 1. The van der Waals surface area contributed by atoms with Crippen LogP contribution in [0.25, 0.3) is 33.4 Å². The third-order valence-electron chi connectivity index (χ3n) is 5.31. The van der Waals surface area contributed by atoms with Gasteiger partial charge in [-0.1, -0.05) is 79.9 Å². The average molecular weight is 497 g/mol. The second kappa shape index (κ2) is 11.2. The summed E-state index contributed by atoms with van der Waals surface area (Å²) in [7, 11) is 0. The minimum absolute atomic E-state index is 0.0770. The number of rotatable bonds is 7. The summed E-state index contributed by atoms with van der Waals surface area (Å²) in [6.07, 6.45) is 2.52. The Labute approximate surface area is 212 Å². The summed E-state index contributed by atoms with van der Waals surface area (Å²) in [5, 5.41) is -0.296. The molecule has 4 aromatic carbocycles. The van der Waals surface area contributed by atoms with Gasteiger partial charge in [-0.25, -0.2) is 4.39 Å². The van der Waals surface area contributed by atoms with Gasteiger partial charge in [0.1, 0.15) is 5.82 Å². The van der Waals surface area contributed by atoms with Gasteiger partial charge in [-0.3, -0.25) is 9.59 Å². The van der Waals surface area contributed by atoms with E-state index in [1.807, 2.05) is 48.5 Å². The molecule has 0 aliphatic heterocycles. The Bertz CT molecular complexity index is 1390. The molecule has 0 aliphatic carbocycles. The van der Waals surface area contributed by atoms with Gasteiger partial charge in [-0.2, -0.15) is 0 Å². The summed E-state index contributed by atoms with van der Waals surface area (Å²) in [6, 6.07) is 28.6. The molecule has 5 heteroatoms. The summed E-state index contributed by atoms with van der Waals surface area (Å²) >= 11 is 2.10. The lowest BCUT2D eigenvalue weighted by Crippen LogP contribution is -1.88. The highest BCUT2D eigenvalue weighted by Crippen LogP contribution is 2.31. The van der Waals surface area contributed by atoms with Crippen LogP contribution in [0.2, 0.25) is 0 Å². The Balaban J connectivity index is 1.48. The first-order valence-corrected chi connectivity index (χ1v) is 12.4. The van der Waals surface area contributed by atoms with Gasteiger partial charge in [0.15, 0.2) is 0 Å². The van der Waals surface area contributed by atoms with Gasteiger partial charge >= 0.3 is 0 Å². The van der Waals surface area contributed by atoms with Crippen molar-refractivity contribution in [3.63, 3.8) is 0 Å². The van der Waals surface area contributed by atoms with Crippen molar-refractivity contribution in [1.29, 1.82) is 0 Å². The van der Waals surface area contributed by atoms with Gasteiger partial charge in [0.2, 0.25) is 10.2 Å². The molecule has 0 saturated heterocycles. The summed E-state index contributed by atoms with van der Waals surface area (Å²) in [5.41, 5.74) is 5.47. The number of hydrogen-bond donors (Lipinski definition) is 0. The van der Waals surface area contributed by atoms with Crippen LogP contribution < -0.4 is 0 Å². The first-order valence-electron chi connectivity index (χ1n) is 10.8. The zero-order valence-corrected chi connectivity index (χ0v) is 20.4. The molecule has 0 N–H and O–H groups in total. The fourth-order valence-electron chi connectivity index (χ4n) is 3.52. The zero-order valence-electron chi connectivity index (χ0n) is 18.7. The van der Waals surface area contributed by atoms with Crippen LogP contribution in [0, 0.1) is 5.82 Å². The summed E-state index contributed by atoms with van der Waals surface area (Å²) < 4.78 is 14.7. The molecule has 0 saturated carbocycles. The fourth-order valence-corrected chi connectivity index (χ4v) is 4.72. The molecule has 0 bridgehead atoms. The van der Waals surface area contributed by atoms with Crippen molar-refractivity contribution in [2.24, 2.45) is 0 Å². The van der Waals surface area contributed by atoms with E-state index in [2.05, 4.69) is 37.4 Å². The quantitative estimate of drug-likeness (QED) is 0.190. The predicted octanol–water partition coefficient (Wildman–Crippen LogP) is 8.44. The topological polar surface area (TPSA) is 34.1 Å². The third-order valence-corrected chi connectivity index (χ3v) is 7.05.